The molecule has 0 saturated heterocycles. The van der Waals surface area contributed by atoms with Crippen molar-refractivity contribution in [3.05, 3.63) is 22.6 Å². The van der Waals surface area contributed by atoms with E-state index >= 15 is 0 Å². The zero-order valence-corrected chi connectivity index (χ0v) is 13.3. The van der Waals surface area contributed by atoms with E-state index < -0.39 is 0 Å². The number of aryl methyl sites for hydroxylation is 2. The monoisotopic (exact) mass is 315 g/mol. The maximum absolute atomic E-state index is 12.3. The van der Waals surface area contributed by atoms with E-state index in [1.54, 1.807) is 0 Å². The first-order valence-electron chi connectivity index (χ1n) is 6.30. The molecule has 0 aliphatic carbocycles. The highest BCUT2D eigenvalue weighted by molar-refractivity contribution is 9.09. The van der Waals surface area contributed by atoms with Crippen LogP contribution in [-0.2, 0) is 0 Å². The van der Waals surface area contributed by atoms with Crippen molar-refractivity contribution >= 4 is 21.8 Å². The Labute approximate surface area is 117 Å². The molecule has 0 radical (unpaired) electrons. The Morgan fingerprint density at radius 2 is 1.89 bits per heavy atom. The van der Waals surface area contributed by atoms with Crippen molar-refractivity contribution in [1.82, 2.24) is 5.32 Å². The summed E-state index contributed by atoms with van der Waals surface area (Å²) in [7, 11) is 0. The van der Waals surface area contributed by atoms with Gasteiger partial charge in [0.05, 0.1) is 5.56 Å². The van der Waals surface area contributed by atoms with Crippen LogP contribution >= 0.6 is 15.9 Å². The molecule has 0 spiro atoms. The molecule has 1 heterocycles. The predicted octanol–water partition coefficient (Wildman–Crippen LogP) is 3.74. The number of furan rings is 1. The van der Waals surface area contributed by atoms with Gasteiger partial charge in [-0.2, -0.15) is 0 Å². The van der Waals surface area contributed by atoms with Crippen LogP contribution in [0.25, 0.3) is 0 Å². The number of halogens is 1. The van der Waals surface area contributed by atoms with Gasteiger partial charge in [-0.05, 0) is 33.1 Å². The van der Waals surface area contributed by atoms with Gasteiger partial charge in [0.15, 0.2) is 0 Å². The van der Waals surface area contributed by atoms with Crippen molar-refractivity contribution < 1.29 is 9.21 Å². The number of amides is 1. The van der Waals surface area contributed by atoms with Gasteiger partial charge in [0, 0.05) is 16.9 Å². The van der Waals surface area contributed by atoms with Crippen LogP contribution in [0.3, 0.4) is 0 Å². The number of carbonyl (C=O) groups is 1. The number of hydrogen-bond acceptors (Lipinski definition) is 2. The zero-order valence-electron chi connectivity index (χ0n) is 11.8. The summed E-state index contributed by atoms with van der Waals surface area (Å²) in [4.78, 5) is 12.3. The van der Waals surface area contributed by atoms with E-state index in [2.05, 4.69) is 35.1 Å². The molecule has 0 aliphatic rings. The molecule has 1 N–H and O–H groups in total. The summed E-state index contributed by atoms with van der Waals surface area (Å²) in [5, 5.41) is 3.83. The third kappa shape index (κ3) is 3.61. The molecule has 102 valence electrons. The van der Waals surface area contributed by atoms with E-state index in [9.17, 15) is 4.79 Å². The highest BCUT2D eigenvalue weighted by Gasteiger charge is 2.21. The largest absolute Gasteiger partial charge is 0.466 e. The van der Waals surface area contributed by atoms with Gasteiger partial charge in [0.1, 0.15) is 11.5 Å². The lowest BCUT2D eigenvalue weighted by Gasteiger charge is -2.18. The Balaban J connectivity index is 2.81. The minimum absolute atomic E-state index is 0.0352. The average Bonchev–Trinajstić information content (AvgIpc) is 2.51. The minimum atomic E-state index is -0.0352. The van der Waals surface area contributed by atoms with Crippen LogP contribution in [0, 0.1) is 26.7 Å². The molecule has 1 atom stereocenters. The lowest BCUT2D eigenvalue weighted by molar-refractivity contribution is 0.0935. The zero-order chi connectivity index (χ0) is 13.9. The molecule has 0 fully saturated rings. The Morgan fingerprint density at radius 1 is 1.28 bits per heavy atom. The first-order chi connectivity index (χ1) is 8.36. The maximum atomic E-state index is 12.3. The van der Waals surface area contributed by atoms with Crippen LogP contribution in [0.1, 0.15) is 47.7 Å². The molecule has 0 bridgehead atoms. The number of alkyl halides is 1. The fraction of sp³-hybridized carbons (Fsp3) is 0.643. The molecule has 4 heteroatoms. The summed E-state index contributed by atoms with van der Waals surface area (Å²) in [5.74, 6) is 2.03. The highest BCUT2D eigenvalue weighted by atomic mass is 79.9. The van der Waals surface area contributed by atoms with Crippen LogP contribution in [-0.4, -0.2) is 17.3 Å². The first-order valence-corrected chi connectivity index (χ1v) is 7.42. The average molecular weight is 316 g/mol. The number of rotatable bonds is 5. The van der Waals surface area contributed by atoms with E-state index in [-0.39, 0.29) is 11.9 Å². The Morgan fingerprint density at radius 3 is 2.28 bits per heavy atom. The van der Waals surface area contributed by atoms with E-state index in [1.165, 1.54) is 0 Å². The quantitative estimate of drug-likeness (QED) is 0.841. The van der Waals surface area contributed by atoms with E-state index in [1.807, 2.05) is 20.8 Å². The standard InChI is InChI=1S/C14H22BrNO2/c1-8(2)6-12(7-15)16-14(17)13-9(3)10(4)18-11(13)5/h8,12H,6-7H2,1-5H3,(H,16,17). The Kier molecular flexibility index (Phi) is 5.45. The SMILES string of the molecule is Cc1oc(C)c(C(=O)NC(CBr)CC(C)C)c1C. The first kappa shape index (κ1) is 15.3. The van der Waals surface area contributed by atoms with Crippen LogP contribution in [0.5, 0.6) is 0 Å². The lowest BCUT2D eigenvalue weighted by atomic mass is 10.0. The molecule has 1 aromatic heterocycles. The third-order valence-corrected chi connectivity index (χ3v) is 3.85. The third-order valence-electron chi connectivity index (χ3n) is 3.07. The van der Waals surface area contributed by atoms with Crippen molar-refractivity contribution in [2.45, 2.75) is 47.1 Å². The summed E-state index contributed by atoms with van der Waals surface area (Å²) in [6.07, 6.45) is 0.964. The highest BCUT2D eigenvalue weighted by Crippen LogP contribution is 2.21. The number of hydrogen-bond donors (Lipinski definition) is 1. The van der Waals surface area contributed by atoms with Crippen LogP contribution in [0.2, 0.25) is 0 Å². The molecule has 3 nitrogen and oxygen atoms in total. The van der Waals surface area contributed by atoms with Crippen LogP contribution in [0.4, 0.5) is 0 Å². The second-order valence-corrected chi connectivity index (χ2v) is 5.82. The molecule has 1 aromatic rings. The molecule has 0 aliphatic heterocycles. The van der Waals surface area contributed by atoms with E-state index in [0.29, 0.717) is 17.2 Å². The Hall–Kier alpha value is -0.770. The van der Waals surface area contributed by atoms with Gasteiger partial charge in [-0.15, -0.1) is 0 Å². The molecular weight excluding hydrogens is 294 g/mol. The lowest BCUT2D eigenvalue weighted by Crippen LogP contribution is -2.37. The summed E-state index contributed by atoms with van der Waals surface area (Å²) in [6, 6.07) is 0.159. The van der Waals surface area contributed by atoms with Crippen molar-refractivity contribution in [2.75, 3.05) is 5.33 Å². The van der Waals surface area contributed by atoms with Crippen molar-refractivity contribution in [1.29, 1.82) is 0 Å². The topological polar surface area (TPSA) is 42.2 Å². The number of nitrogens with one attached hydrogen (secondary N) is 1. The molecule has 1 amide bonds. The fourth-order valence-electron chi connectivity index (χ4n) is 2.11. The predicted molar refractivity (Wildman–Crippen MR) is 77.4 cm³/mol. The van der Waals surface area contributed by atoms with Gasteiger partial charge in [-0.25, -0.2) is 0 Å². The van der Waals surface area contributed by atoms with Gasteiger partial charge in [-0.3, -0.25) is 4.79 Å². The molecule has 0 aromatic carbocycles. The van der Waals surface area contributed by atoms with Gasteiger partial charge < -0.3 is 9.73 Å². The smallest absolute Gasteiger partial charge is 0.255 e. The van der Waals surface area contributed by atoms with Crippen molar-refractivity contribution in [3.8, 4) is 0 Å². The normalized spacial score (nSPS) is 12.8. The summed E-state index contributed by atoms with van der Waals surface area (Å²) >= 11 is 3.45. The summed E-state index contributed by atoms with van der Waals surface area (Å²) < 4.78 is 5.49. The number of carbonyl (C=O) groups excluding carboxylic acids is 1. The van der Waals surface area contributed by atoms with E-state index in [4.69, 9.17) is 4.42 Å². The molecule has 1 rings (SSSR count). The van der Waals surface area contributed by atoms with Crippen molar-refractivity contribution in [2.24, 2.45) is 5.92 Å². The molecule has 0 saturated carbocycles. The summed E-state index contributed by atoms with van der Waals surface area (Å²) in [6.45, 7) is 9.95. The minimum Gasteiger partial charge on any atom is -0.466 e. The second-order valence-electron chi connectivity index (χ2n) is 5.17. The second kappa shape index (κ2) is 6.41. The van der Waals surface area contributed by atoms with Crippen LogP contribution < -0.4 is 5.32 Å². The summed E-state index contributed by atoms with van der Waals surface area (Å²) in [5.41, 5.74) is 1.62. The Bertz CT molecular complexity index is 424. The van der Waals surface area contributed by atoms with Gasteiger partial charge in [0.25, 0.3) is 5.91 Å². The van der Waals surface area contributed by atoms with Gasteiger partial charge >= 0.3 is 0 Å². The van der Waals surface area contributed by atoms with Crippen molar-refractivity contribution in [3.63, 3.8) is 0 Å². The molecule has 1 unspecified atom stereocenters. The van der Waals surface area contributed by atoms with Gasteiger partial charge in [0.2, 0.25) is 0 Å². The van der Waals surface area contributed by atoms with E-state index in [0.717, 1.165) is 23.1 Å². The maximum Gasteiger partial charge on any atom is 0.255 e. The molecular formula is C14H22BrNO2. The van der Waals surface area contributed by atoms with Crippen LogP contribution in [0.15, 0.2) is 4.42 Å². The van der Waals surface area contributed by atoms with Gasteiger partial charge in [-0.1, -0.05) is 29.8 Å². The fourth-order valence-corrected chi connectivity index (χ4v) is 2.54. The molecule has 18 heavy (non-hydrogen) atoms.